The van der Waals surface area contributed by atoms with Crippen molar-refractivity contribution >= 4 is 15.9 Å². The lowest BCUT2D eigenvalue weighted by atomic mass is 9.57. The van der Waals surface area contributed by atoms with Crippen molar-refractivity contribution in [1.29, 1.82) is 0 Å². The summed E-state index contributed by atoms with van der Waals surface area (Å²) < 4.78 is 24.9. The SMILES string of the molecule is CS(=O)(=O)N1CCC2(CC1)CC(C(=O)N1CCN(C3CCCC3)CC1)C2. The van der Waals surface area contributed by atoms with Crippen molar-refractivity contribution in [3.05, 3.63) is 0 Å². The maximum absolute atomic E-state index is 12.9. The number of hydrogen-bond donors (Lipinski definition) is 0. The fourth-order valence-corrected chi connectivity index (χ4v) is 6.54. The van der Waals surface area contributed by atoms with Gasteiger partial charge in [0.15, 0.2) is 0 Å². The number of amides is 1. The summed E-state index contributed by atoms with van der Waals surface area (Å²) in [5.41, 5.74) is 0.229. The number of rotatable bonds is 3. The van der Waals surface area contributed by atoms with E-state index in [0.29, 0.717) is 19.0 Å². The van der Waals surface area contributed by atoms with Gasteiger partial charge in [-0.1, -0.05) is 12.8 Å². The number of hydrogen-bond acceptors (Lipinski definition) is 4. The minimum absolute atomic E-state index is 0.179. The van der Waals surface area contributed by atoms with Gasteiger partial charge >= 0.3 is 0 Å². The number of carbonyl (C=O) groups is 1. The first-order chi connectivity index (χ1) is 12.4. The Kier molecular flexibility index (Phi) is 5.07. The number of sulfonamides is 1. The molecule has 7 heteroatoms. The first-order valence-electron chi connectivity index (χ1n) is 10.3. The topological polar surface area (TPSA) is 60.9 Å². The number of nitrogens with zero attached hydrogens (tertiary/aromatic N) is 3. The van der Waals surface area contributed by atoms with Crippen molar-refractivity contribution in [3.8, 4) is 0 Å². The van der Waals surface area contributed by atoms with Gasteiger partial charge in [-0.05, 0) is 43.9 Å². The maximum atomic E-state index is 12.9. The standard InChI is InChI=1S/C19H33N3O3S/c1-26(24,25)22-8-6-19(7-9-22)14-16(15-19)18(23)21-12-10-20(11-13-21)17-4-2-3-5-17/h16-17H,2-15H2,1H3. The Bertz CT molecular complexity index is 620. The molecule has 1 amide bonds. The van der Waals surface area contributed by atoms with Crippen LogP contribution in [0.15, 0.2) is 0 Å². The van der Waals surface area contributed by atoms with Crippen LogP contribution in [0.2, 0.25) is 0 Å². The number of piperidine rings is 1. The van der Waals surface area contributed by atoms with E-state index in [4.69, 9.17) is 0 Å². The molecule has 4 aliphatic rings. The van der Waals surface area contributed by atoms with E-state index in [2.05, 4.69) is 9.80 Å². The molecule has 0 radical (unpaired) electrons. The highest BCUT2D eigenvalue weighted by Gasteiger charge is 2.50. The average molecular weight is 384 g/mol. The molecule has 6 nitrogen and oxygen atoms in total. The summed E-state index contributed by atoms with van der Waals surface area (Å²) >= 11 is 0. The number of carbonyl (C=O) groups excluding carboxylic acids is 1. The van der Waals surface area contributed by atoms with E-state index < -0.39 is 10.0 Å². The molecule has 148 valence electrons. The zero-order chi connectivity index (χ0) is 18.4. The first-order valence-corrected chi connectivity index (χ1v) is 12.2. The number of piperazine rings is 1. The molecule has 0 aromatic carbocycles. The molecular formula is C19H33N3O3S. The van der Waals surface area contributed by atoms with E-state index in [1.54, 1.807) is 4.31 Å². The van der Waals surface area contributed by atoms with E-state index in [9.17, 15) is 13.2 Å². The van der Waals surface area contributed by atoms with Crippen molar-refractivity contribution in [3.63, 3.8) is 0 Å². The van der Waals surface area contributed by atoms with Crippen molar-refractivity contribution in [2.24, 2.45) is 11.3 Å². The second-order valence-electron chi connectivity index (χ2n) is 9.07. The highest BCUT2D eigenvalue weighted by molar-refractivity contribution is 7.88. The second-order valence-corrected chi connectivity index (χ2v) is 11.0. The largest absolute Gasteiger partial charge is 0.340 e. The Morgan fingerprint density at radius 2 is 1.50 bits per heavy atom. The maximum Gasteiger partial charge on any atom is 0.225 e. The zero-order valence-corrected chi connectivity index (χ0v) is 16.8. The molecule has 2 saturated heterocycles. The lowest BCUT2D eigenvalue weighted by molar-refractivity contribution is -0.147. The Hall–Kier alpha value is -0.660. The summed E-state index contributed by atoms with van der Waals surface area (Å²) in [6.45, 7) is 5.11. The van der Waals surface area contributed by atoms with Crippen LogP contribution in [0.25, 0.3) is 0 Å². The normalized spacial score (nSPS) is 29.2. The smallest absolute Gasteiger partial charge is 0.225 e. The van der Waals surface area contributed by atoms with Gasteiger partial charge in [-0.3, -0.25) is 9.69 Å². The fourth-order valence-electron chi connectivity index (χ4n) is 5.70. The third kappa shape index (κ3) is 3.67. The molecule has 4 rings (SSSR count). The molecular weight excluding hydrogens is 350 g/mol. The minimum atomic E-state index is -3.07. The molecule has 26 heavy (non-hydrogen) atoms. The summed E-state index contributed by atoms with van der Waals surface area (Å²) in [6.07, 6.45) is 10.5. The van der Waals surface area contributed by atoms with Gasteiger partial charge in [0.2, 0.25) is 15.9 Å². The molecule has 2 heterocycles. The highest BCUT2D eigenvalue weighted by Crippen LogP contribution is 2.53. The molecule has 2 aliphatic carbocycles. The van der Waals surface area contributed by atoms with Gasteiger partial charge in [-0.15, -0.1) is 0 Å². The molecule has 2 saturated carbocycles. The van der Waals surface area contributed by atoms with E-state index in [1.807, 2.05) is 0 Å². The molecule has 4 fully saturated rings. The van der Waals surface area contributed by atoms with Gasteiger partial charge in [-0.2, -0.15) is 0 Å². The quantitative estimate of drug-likeness (QED) is 0.741. The zero-order valence-electron chi connectivity index (χ0n) is 16.0. The van der Waals surface area contributed by atoms with Crippen molar-refractivity contribution in [2.45, 2.75) is 57.4 Å². The summed E-state index contributed by atoms with van der Waals surface area (Å²) in [5, 5.41) is 0. The van der Waals surface area contributed by atoms with Crippen LogP contribution in [-0.2, 0) is 14.8 Å². The van der Waals surface area contributed by atoms with Crippen LogP contribution in [0.3, 0.4) is 0 Å². The Balaban J connectivity index is 1.23. The average Bonchev–Trinajstić information content (AvgIpc) is 3.13. The van der Waals surface area contributed by atoms with Crippen LogP contribution < -0.4 is 0 Å². The van der Waals surface area contributed by atoms with E-state index in [-0.39, 0.29) is 11.3 Å². The lowest BCUT2D eigenvalue weighted by Crippen LogP contribution is -2.56. The van der Waals surface area contributed by atoms with Crippen LogP contribution in [0, 0.1) is 11.3 Å². The first kappa shape index (κ1) is 18.7. The minimum Gasteiger partial charge on any atom is -0.340 e. The summed E-state index contributed by atoms with van der Waals surface area (Å²) in [7, 11) is -3.07. The molecule has 0 atom stereocenters. The van der Waals surface area contributed by atoms with Crippen molar-refractivity contribution in [1.82, 2.24) is 14.1 Å². The van der Waals surface area contributed by atoms with Gasteiger partial charge in [0.25, 0.3) is 0 Å². The third-order valence-corrected chi connectivity index (χ3v) is 8.73. The molecule has 0 aromatic heterocycles. The lowest BCUT2D eigenvalue weighted by Gasteiger charge is -2.52. The van der Waals surface area contributed by atoms with E-state index in [0.717, 1.165) is 57.9 Å². The van der Waals surface area contributed by atoms with Gasteiger partial charge in [0.05, 0.1) is 6.26 Å². The molecule has 0 unspecified atom stereocenters. The Labute approximate surface area is 157 Å². The van der Waals surface area contributed by atoms with E-state index in [1.165, 1.54) is 31.9 Å². The van der Waals surface area contributed by atoms with Crippen LogP contribution in [0.1, 0.15) is 51.4 Å². The summed E-state index contributed by atoms with van der Waals surface area (Å²) in [5.74, 6) is 0.532. The molecule has 1 spiro atoms. The van der Waals surface area contributed by atoms with Crippen molar-refractivity contribution in [2.75, 3.05) is 45.5 Å². The van der Waals surface area contributed by atoms with Gasteiger partial charge in [0, 0.05) is 51.2 Å². The predicted molar refractivity (Wildman–Crippen MR) is 101 cm³/mol. The highest BCUT2D eigenvalue weighted by atomic mass is 32.2. The van der Waals surface area contributed by atoms with Crippen LogP contribution in [0.5, 0.6) is 0 Å². The van der Waals surface area contributed by atoms with Crippen molar-refractivity contribution < 1.29 is 13.2 Å². The molecule has 2 aliphatic heterocycles. The predicted octanol–water partition coefficient (Wildman–Crippen LogP) is 1.53. The van der Waals surface area contributed by atoms with Crippen LogP contribution in [0.4, 0.5) is 0 Å². The Morgan fingerprint density at radius 1 is 0.923 bits per heavy atom. The van der Waals surface area contributed by atoms with Gasteiger partial charge in [0.1, 0.15) is 0 Å². The summed E-state index contributed by atoms with van der Waals surface area (Å²) in [4.78, 5) is 17.5. The fraction of sp³-hybridized carbons (Fsp3) is 0.947. The Morgan fingerprint density at radius 3 is 2.04 bits per heavy atom. The van der Waals surface area contributed by atoms with Gasteiger partial charge < -0.3 is 4.90 Å². The third-order valence-electron chi connectivity index (χ3n) is 7.43. The van der Waals surface area contributed by atoms with Gasteiger partial charge in [-0.25, -0.2) is 12.7 Å². The van der Waals surface area contributed by atoms with Crippen LogP contribution >= 0.6 is 0 Å². The second kappa shape index (κ2) is 7.06. The summed E-state index contributed by atoms with van der Waals surface area (Å²) in [6, 6.07) is 0.763. The molecule has 0 aromatic rings. The van der Waals surface area contributed by atoms with E-state index >= 15 is 0 Å². The monoisotopic (exact) mass is 383 g/mol. The molecule has 0 bridgehead atoms. The molecule has 0 N–H and O–H groups in total. The van der Waals surface area contributed by atoms with Crippen LogP contribution in [-0.4, -0.2) is 80.0 Å².